The van der Waals surface area contributed by atoms with E-state index in [1.165, 1.54) is 23.5 Å². The largest absolute Gasteiger partial charge is 0.474 e. The van der Waals surface area contributed by atoms with Gasteiger partial charge >= 0.3 is 0 Å². The number of carbonyl (C=O) groups is 2. The molecule has 0 fully saturated rings. The van der Waals surface area contributed by atoms with Gasteiger partial charge in [-0.3, -0.25) is 9.59 Å². The molecule has 1 atom stereocenters. The Morgan fingerprint density at radius 2 is 2.09 bits per heavy atom. The van der Waals surface area contributed by atoms with Crippen LogP contribution in [0.15, 0.2) is 36.9 Å². The predicted molar refractivity (Wildman–Crippen MR) is 110 cm³/mol. The maximum absolute atomic E-state index is 13.4. The zero-order valence-corrected chi connectivity index (χ0v) is 17.7. The predicted octanol–water partition coefficient (Wildman–Crippen LogP) is 2.14. The van der Waals surface area contributed by atoms with Gasteiger partial charge < -0.3 is 19.5 Å². The highest BCUT2D eigenvalue weighted by atomic mass is 19.2. The summed E-state index contributed by atoms with van der Waals surface area (Å²) in [4.78, 5) is 31.0. The minimum absolute atomic E-state index is 0.0342. The molecule has 0 spiro atoms. The molecule has 2 aromatic heterocycles. The Hall–Kier alpha value is -3.76. The van der Waals surface area contributed by atoms with E-state index in [1.807, 2.05) is 13.8 Å². The van der Waals surface area contributed by atoms with Crippen LogP contribution in [0.5, 0.6) is 5.88 Å². The Bertz CT molecular complexity index is 1170. The van der Waals surface area contributed by atoms with Crippen molar-refractivity contribution in [2.45, 2.75) is 32.5 Å². The van der Waals surface area contributed by atoms with Gasteiger partial charge in [-0.2, -0.15) is 5.10 Å². The van der Waals surface area contributed by atoms with Crippen molar-refractivity contribution in [1.82, 2.24) is 24.6 Å². The van der Waals surface area contributed by atoms with Crippen LogP contribution < -0.4 is 15.0 Å². The van der Waals surface area contributed by atoms with Gasteiger partial charge in [0.05, 0.1) is 18.6 Å². The zero-order chi connectivity index (χ0) is 23.0. The van der Waals surface area contributed by atoms with Gasteiger partial charge in [0.2, 0.25) is 5.88 Å². The lowest BCUT2D eigenvalue weighted by atomic mass is 10.2. The van der Waals surface area contributed by atoms with Crippen molar-refractivity contribution in [3.05, 3.63) is 59.8 Å². The van der Waals surface area contributed by atoms with Crippen LogP contribution in [0, 0.1) is 11.6 Å². The number of aromatic nitrogens is 4. The number of hydrogen-bond donors (Lipinski definition) is 1. The molecule has 1 aliphatic heterocycles. The maximum atomic E-state index is 13.4. The van der Waals surface area contributed by atoms with Gasteiger partial charge in [-0.1, -0.05) is 6.07 Å². The number of ether oxygens (including phenoxy) is 1. The number of halogens is 2. The highest BCUT2D eigenvalue weighted by Gasteiger charge is 2.33. The van der Waals surface area contributed by atoms with E-state index in [-0.39, 0.29) is 30.8 Å². The Kier molecular flexibility index (Phi) is 5.64. The molecular weight excluding hydrogens is 422 g/mol. The van der Waals surface area contributed by atoms with Gasteiger partial charge in [0.15, 0.2) is 11.6 Å². The minimum atomic E-state index is -0.946. The lowest BCUT2D eigenvalue weighted by molar-refractivity contribution is -0.120. The second-order valence-electron chi connectivity index (χ2n) is 7.79. The summed E-state index contributed by atoms with van der Waals surface area (Å²) in [6, 6.07) is 2.69. The van der Waals surface area contributed by atoms with E-state index in [1.54, 1.807) is 22.5 Å². The number of carbonyl (C=O) groups excluding carboxylic acids is 2. The van der Waals surface area contributed by atoms with Crippen molar-refractivity contribution >= 4 is 17.5 Å². The first kappa shape index (κ1) is 21.5. The van der Waals surface area contributed by atoms with E-state index in [2.05, 4.69) is 15.4 Å². The molecule has 0 saturated carbocycles. The molecule has 1 aliphatic rings. The summed E-state index contributed by atoms with van der Waals surface area (Å²) in [5.41, 5.74) is 1.12. The Morgan fingerprint density at radius 1 is 1.31 bits per heavy atom. The average molecular weight is 444 g/mol. The SMILES string of the molecule is CC(C)n1ncc2c1OC[C@H](NC(=O)c1cn(Cc3ccc(F)c(F)c3)cn1)C(=O)N2C. The second kappa shape index (κ2) is 8.40. The number of hydrogen-bond acceptors (Lipinski definition) is 5. The van der Waals surface area contributed by atoms with Crippen LogP contribution in [0.3, 0.4) is 0 Å². The number of imidazole rings is 1. The second-order valence-corrected chi connectivity index (χ2v) is 7.79. The standard InChI is InChI=1S/C21H22F2N6O3/c1-12(2)29-21-18(7-25-29)27(3)20(31)17(10-32-21)26-19(30)16-9-28(11-24-16)8-13-4-5-14(22)15(23)6-13/h4-7,9,11-12,17H,8,10H2,1-3H3,(H,26,30)/t17-/m0/s1. The molecule has 168 valence electrons. The van der Waals surface area contributed by atoms with Gasteiger partial charge in [-0.15, -0.1) is 0 Å². The highest BCUT2D eigenvalue weighted by Crippen LogP contribution is 2.32. The molecule has 1 aromatic carbocycles. The molecule has 32 heavy (non-hydrogen) atoms. The molecule has 3 aromatic rings. The smallest absolute Gasteiger partial charge is 0.272 e. The number of nitrogens with one attached hydrogen (secondary N) is 1. The fourth-order valence-electron chi connectivity index (χ4n) is 3.41. The number of fused-ring (bicyclic) bond motifs is 1. The third-order valence-electron chi connectivity index (χ3n) is 5.12. The van der Waals surface area contributed by atoms with Crippen molar-refractivity contribution in [3.63, 3.8) is 0 Å². The monoisotopic (exact) mass is 444 g/mol. The maximum Gasteiger partial charge on any atom is 0.272 e. The molecule has 2 amide bonds. The van der Waals surface area contributed by atoms with Crippen LogP contribution in [0.4, 0.5) is 14.5 Å². The van der Waals surface area contributed by atoms with Gasteiger partial charge in [0.1, 0.15) is 24.0 Å². The van der Waals surface area contributed by atoms with Crippen molar-refractivity contribution in [3.8, 4) is 5.88 Å². The summed E-state index contributed by atoms with van der Waals surface area (Å²) in [6.07, 6.45) is 4.42. The Balaban J connectivity index is 1.45. The topological polar surface area (TPSA) is 94.3 Å². The summed E-state index contributed by atoms with van der Waals surface area (Å²) in [5.74, 6) is -2.31. The van der Waals surface area contributed by atoms with Crippen molar-refractivity contribution in [2.24, 2.45) is 0 Å². The van der Waals surface area contributed by atoms with Gasteiger partial charge in [-0.25, -0.2) is 18.4 Å². The van der Waals surface area contributed by atoms with Crippen LogP contribution in [0.1, 0.15) is 35.9 Å². The molecule has 4 rings (SSSR count). The lowest BCUT2D eigenvalue weighted by Crippen LogP contribution is -2.49. The first-order valence-corrected chi connectivity index (χ1v) is 9.99. The minimum Gasteiger partial charge on any atom is -0.474 e. The summed E-state index contributed by atoms with van der Waals surface area (Å²) in [6.45, 7) is 4.03. The fraction of sp³-hybridized carbons (Fsp3) is 0.333. The van der Waals surface area contributed by atoms with E-state index in [0.717, 1.165) is 12.1 Å². The first-order chi connectivity index (χ1) is 15.2. The number of benzene rings is 1. The highest BCUT2D eigenvalue weighted by molar-refractivity contribution is 6.02. The number of anilines is 1. The average Bonchev–Trinajstić information content (AvgIpc) is 3.37. The quantitative estimate of drug-likeness (QED) is 0.651. The molecule has 11 heteroatoms. The van der Waals surface area contributed by atoms with Crippen molar-refractivity contribution < 1.29 is 23.1 Å². The summed E-state index contributed by atoms with van der Waals surface area (Å²) >= 11 is 0. The fourth-order valence-corrected chi connectivity index (χ4v) is 3.41. The van der Waals surface area contributed by atoms with Crippen LogP contribution in [0.2, 0.25) is 0 Å². The van der Waals surface area contributed by atoms with Gasteiger partial charge in [-0.05, 0) is 31.5 Å². The molecule has 0 unspecified atom stereocenters. The van der Waals surface area contributed by atoms with E-state index in [0.29, 0.717) is 17.1 Å². The van der Waals surface area contributed by atoms with Crippen LogP contribution in [-0.4, -0.2) is 50.8 Å². The van der Waals surface area contributed by atoms with E-state index in [9.17, 15) is 18.4 Å². The van der Waals surface area contributed by atoms with Gasteiger partial charge in [0.25, 0.3) is 11.8 Å². The Labute approximate surface area is 182 Å². The molecule has 9 nitrogen and oxygen atoms in total. The Morgan fingerprint density at radius 3 is 2.81 bits per heavy atom. The molecule has 0 aliphatic carbocycles. The van der Waals surface area contributed by atoms with Crippen molar-refractivity contribution in [1.29, 1.82) is 0 Å². The van der Waals surface area contributed by atoms with E-state index >= 15 is 0 Å². The van der Waals surface area contributed by atoms with Crippen molar-refractivity contribution in [2.75, 3.05) is 18.6 Å². The molecule has 0 radical (unpaired) electrons. The number of nitrogens with zero attached hydrogens (tertiary/aromatic N) is 5. The first-order valence-electron chi connectivity index (χ1n) is 9.99. The third-order valence-corrected chi connectivity index (χ3v) is 5.12. The van der Waals surface area contributed by atoms with E-state index in [4.69, 9.17) is 4.74 Å². The molecule has 0 bridgehead atoms. The summed E-state index contributed by atoms with van der Waals surface area (Å²) in [7, 11) is 1.60. The summed E-state index contributed by atoms with van der Waals surface area (Å²) in [5, 5.41) is 6.91. The van der Waals surface area contributed by atoms with Crippen LogP contribution in [0.25, 0.3) is 0 Å². The van der Waals surface area contributed by atoms with Crippen LogP contribution in [-0.2, 0) is 11.3 Å². The third kappa shape index (κ3) is 4.05. The number of amides is 2. The van der Waals surface area contributed by atoms with Crippen LogP contribution >= 0.6 is 0 Å². The molecule has 0 saturated heterocycles. The number of likely N-dealkylation sites (N-methyl/N-ethyl adjacent to an activating group) is 1. The van der Waals surface area contributed by atoms with E-state index < -0.39 is 23.6 Å². The van der Waals surface area contributed by atoms with Gasteiger partial charge in [0, 0.05) is 19.8 Å². The lowest BCUT2D eigenvalue weighted by Gasteiger charge is -2.19. The summed E-state index contributed by atoms with van der Waals surface area (Å²) < 4.78 is 35.5. The molecule has 1 N–H and O–H groups in total. The number of rotatable bonds is 5. The zero-order valence-electron chi connectivity index (χ0n) is 17.7. The molecule has 3 heterocycles. The molecular formula is C21H22F2N6O3. The normalized spacial score (nSPS) is 16.0.